The van der Waals surface area contributed by atoms with Gasteiger partial charge in [0.25, 0.3) is 0 Å². The number of amides is 2. The Balaban J connectivity index is 1.02. The summed E-state index contributed by atoms with van der Waals surface area (Å²) in [6.07, 6.45) is 7.78. The summed E-state index contributed by atoms with van der Waals surface area (Å²) in [7, 11) is 0. The molecule has 0 N–H and O–H groups in total. The monoisotopic (exact) mass is 421 g/mol. The van der Waals surface area contributed by atoms with Gasteiger partial charge in [0.2, 0.25) is 11.8 Å². The topological polar surface area (TPSA) is 80.8 Å². The van der Waals surface area contributed by atoms with Crippen molar-refractivity contribution < 1.29 is 23.9 Å². The van der Waals surface area contributed by atoms with Gasteiger partial charge in [-0.15, -0.1) is 0 Å². The first-order chi connectivity index (χ1) is 15.1. The quantitative estimate of drug-likeness (QED) is 0.201. The van der Waals surface area contributed by atoms with Gasteiger partial charge in [-0.3, -0.25) is 24.1 Å². The molecule has 1 saturated heterocycles. The number of benzene rings is 1. The van der Waals surface area contributed by atoms with Crippen LogP contribution in [-0.4, -0.2) is 41.6 Å². The predicted octanol–water partition coefficient (Wildman–Crippen LogP) is 3.03. The molecule has 0 radical (unpaired) electrons. The molecule has 1 aromatic carbocycles. The van der Waals surface area contributed by atoms with Crippen molar-refractivity contribution in [1.82, 2.24) is 4.90 Å². The van der Waals surface area contributed by atoms with Crippen LogP contribution in [0.5, 0.6) is 0 Å². The van der Waals surface area contributed by atoms with Crippen molar-refractivity contribution in [2.75, 3.05) is 13.2 Å². The average molecular weight is 421 g/mol. The van der Waals surface area contributed by atoms with E-state index < -0.39 is 5.97 Å². The van der Waals surface area contributed by atoms with Gasteiger partial charge in [0.15, 0.2) is 12.4 Å². The molecule has 5 aliphatic rings. The molecule has 0 unspecified atom stereocenters. The van der Waals surface area contributed by atoms with Crippen LogP contribution in [0.15, 0.2) is 42.5 Å². The predicted molar refractivity (Wildman–Crippen MR) is 112 cm³/mol. The number of ketones is 1. The molecule has 162 valence electrons. The number of rotatable bonds is 9. The van der Waals surface area contributed by atoms with Crippen LogP contribution in [0.25, 0.3) is 0 Å². The number of carbonyl (C=O) groups is 4. The van der Waals surface area contributed by atoms with Crippen LogP contribution < -0.4 is 0 Å². The number of hydrogen-bond donors (Lipinski definition) is 0. The summed E-state index contributed by atoms with van der Waals surface area (Å²) in [5.74, 6) is 0.891. The zero-order valence-corrected chi connectivity index (χ0v) is 17.4. The Morgan fingerprint density at radius 1 is 0.903 bits per heavy atom. The van der Waals surface area contributed by atoms with E-state index in [1.165, 1.54) is 11.3 Å². The lowest BCUT2D eigenvalue weighted by atomic mass is 9.63. The first kappa shape index (κ1) is 20.2. The van der Waals surface area contributed by atoms with E-state index in [-0.39, 0.29) is 54.3 Å². The molecule has 4 aliphatic carbocycles. The molecular weight excluding hydrogens is 394 g/mol. The number of allylic oxidation sites excluding steroid dienone is 2. The number of ether oxygens (including phenoxy) is 1. The molecule has 6 nitrogen and oxygen atoms in total. The Labute approximate surface area is 181 Å². The lowest BCUT2D eigenvalue weighted by molar-refractivity contribution is -0.143. The number of unbranched alkanes of at least 4 members (excludes halogenated alkanes) is 2. The highest BCUT2D eigenvalue weighted by atomic mass is 16.5. The molecule has 0 aromatic heterocycles. The smallest absolute Gasteiger partial charge is 0.306 e. The Bertz CT molecular complexity index is 902. The first-order valence-corrected chi connectivity index (χ1v) is 11.3. The maximum absolute atomic E-state index is 12.9. The van der Waals surface area contributed by atoms with Crippen molar-refractivity contribution in [3.8, 4) is 0 Å². The minimum Gasteiger partial charge on any atom is -0.457 e. The van der Waals surface area contributed by atoms with E-state index in [0.29, 0.717) is 36.8 Å². The van der Waals surface area contributed by atoms with Crippen molar-refractivity contribution in [3.05, 3.63) is 48.0 Å². The Kier molecular flexibility index (Phi) is 5.24. The van der Waals surface area contributed by atoms with E-state index in [1.54, 1.807) is 24.3 Å². The van der Waals surface area contributed by atoms with Gasteiger partial charge in [-0.1, -0.05) is 48.9 Å². The molecule has 1 aliphatic heterocycles. The standard InChI is InChI=1S/C25H27NO5/c27-20(15-7-3-1-4-8-15)14-31-21(28)9-5-2-6-12-26-24(29)22-16-10-11-17(19-13-18(16)19)23(22)25(26)30/h1,3-4,7-8,10-11,16-19,22-23H,2,5-6,9,12-14H2/t16-,17+,18-,19-,22+,23+/m1/s1. The molecule has 1 aromatic rings. The second-order valence-corrected chi connectivity index (χ2v) is 9.24. The van der Waals surface area contributed by atoms with Gasteiger partial charge in [0, 0.05) is 18.5 Å². The summed E-state index contributed by atoms with van der Waals surface area (Å²) in [5.41, 5.74) is 0.525. The third-order valence-corrected chi connectivity index (χ3v) is 7.48. The molecule has 2 saturated carbocycles. The number of likely N-dealkylation sites (tertiary alicyclic amines) is 1. The Morgan fingerprint density at radius 2 is 1.55 bits per heavy atom. The number of esters is 1. The maximum atomic E-state index is 12.9. The van der Waals surface area contributed by atoms with Gasteiger partial charge in [0.1, 0.15) is 0 Å². The minimum absolute atomic E-state index is 0.0125. The summed E-state index contributed by atoms with van der Waals surface area (Å²) in [5, 5.41) is 0. The average Bonchev–Trinajstić information content (AvgIpc) is 3.58. The van der Waals surface area contributed by atoms with Crippen molar-refractivity contribution in [2.45, 2.75) is 32.1 Å². The fourth-order valence-corrected chi connectivity index (χ4v) is 5.88. The van der Waals surface area contributed by atoms with E-state index >= 15 is 0 Å². The van der Waals surface area contributed by atoms with E-state index in [2.05, 4.69) is 12.2 Å². The van der Waals surface area contributed by atoms with Gasteiger partial charge in [-0.2, -0.15) is 0 Å². The molecule has 6 rings (SSSR count). The summed E-state index contributed by atoms with van der Waals surface area (Å²) in [4.78, 5) is 51.1. The Hall–Kier alpha value is -2.76. The minimum atomic E-state index is -0.398. The summed E-state index contributed by atoms with van der Waals surface area (Å²) < 4.78 is 5.07. The Morgan fingerprint density at radius 3 is 2.19 bits per heavy atom. The van der Waals surface area contributed by atoms with Crippen LogP contribution in [0, 0.1) is 35.5 Å². The molecule has 3 fully saturated rings. The van der Waals surface area contributed by atoms with Crippen LogP contribution in [0.3, 0.4) is 0 Å². The summed E-state index contributed by atoms with van der Waals surface area (Å²) in [6, 6.07) is 8.74. The van der Waals surface area contributed by atoms with Gasteiger partial charge in [-0.05, 0) is 42.9 Å². The fraction of sp³-hybridized carbons (Fsp3) is 0.520. The number of nitrogens with zero attached hydrogens (tertiary/aromatic N) is 1. The molecule has 0 spiro atoms. The lowest BCUT2D eigenvalue weighted by Crippen LogP contribution is -2.40. The highest BCUT2D eigenvalue weighted by Crippen LogP contribution is 2.65. The zero-order valence-electron chi connectivity index (χ0n) is 17.4. The van der Waals surface area contributed by atoms with Crippen LogP contribution >= 0.6 is 0 Å². The molecule has 1 heterocycles. The molecule has 31 heavy (non-hydrogen) atoms. The third kappa shape index (κ3) is 3.62. The van der Waals surface area contributed by atoms with Crippen LogP contribution in [0.2, 0.25) is 0 Å². The first-order valence-electron chi connectivity index (χ1n) is 11.3. The normalized spacial score (nSPS) is 32.1. The number of carbonyl (C=O) groups excluding carboxylic acids is 4. The summed E-state index contributed by atoms with van der Waals surface area (Å²) >= 11 is 0. The van der Waals surface area contributed by atoms with E-state index in [4.69, 9.17) is 4.74 Å². The molecule has 2 amide bonds. The van der Waals surface area contributed by atoms with Gasteiger partial charge >= 0.3 is 5.97 Å². The second kappa shape index (κ2) is 8.06. The lowest BCUT2D eigenvalue weighted by Gasteiger charge is -2.37. The van der Waals surface area contributed by atoms with Gasteiger partial charge in [-0.25, -0.2) is 0 Å². The van der Waals surface area contributed by atoms with Gasteiger partial charge < -0.3 is 4.74 Å². The van der Waals surface area contributed by atoms with E-state index in [0.717, 1.165) is 6.42 Å². The zero-order chi connectivity index (χ0) is 21.5. The largest absolute Gasteiger partial charge is 0.457 e. The van der Waals surface area contributed by atoms with Gasteiger partial charge in [0.05, 0.1) is 11.8 Å². The SMILES string of the molecule is O=C(CCCCCN1C(=O)[C@H]2[C@@H]3C=C[C@@H]([C@H]4C[C@H]34)[C@@H]2C1=O)OCC(=O)c1ccccc1. The summed E-state index contributed by atoms with van der Waals surface area (Å²) in [6.45, 7) is 0.182. The molecular formula is C25H27NO5. The van der Waals surface area contributed by atoms with E-state index in [1.807, 2.05) is 6.07 Å². The second-order valence-electron chi connectivity index (χ2n) is 9.24. The van der Waals surface area contributed by atoms with E-state index in [9.17, 15) is 19.2 Å². The van der Waals surface area contributed by atoms with Crippen molar-refractivity contribution in [2.24, 2.45) is 35.5 Å². The van der Waals surface area contributed by atoms with Crippen LogP contribution in [0.4, 0.5) is 0 Å². The highest BCUT2D eigenvalue weighted by molar-refractivity contribution is 6.06. The van der Waals surface area contributed by atoms with Crippen molar-refractivity contribution >= 4 is 23.6 Å². The molecule has 2 bridgehead atoms. The maximum Gasteiger partial charge on any atom is 0.306 e. The molecule has 6 heteroatoms. The van der Waals surface area contributed by atoms with Crippen LogP contribution in [0.1, 0.15) is 42.5 Å². The number of Topliss-reactive ketones (excluding diaryl/α,β-unsaturated/α-hetero) is 1. The van der Waals surface area contributed by atoms with Crippen molar-refractivity contribution in [1.29, 1.82) is 0 Å². The molecule has 6 atom stereocenters. The number of hydrogen-bond acceptors (Lipinski definition) is 5. The van der Waals surface area contributed by atoms with Crippen molar-refractivity contribution in [3.63, 3.8) is 0 Å². The highest BCUT2D eigenvalue weighted by Gasteiger charge is 2.66. The third-order valence-electron chi connectivity index (χ3n) is 7.48. The number of imide groups is 1. The van der Waals surface area contributed by atoms with Crippen LogP contribution in [-0.2, 0) is 19.1 Å². The fourth-order valence-electron chi connectivity index (χ4n) is 5.88.